The summed E-state index contributed by atoms with van der Waals surface area (Å²) in [5.74, 6) is 1.80. The van der Waals surface area contributed by atoms with Crippen LogP contribution in [0.2, 0.25) is 0 Å². The third-order valence-electron chi connectivity index (χ3n) is 2.64. The number of halogens is 1. The second-order valence-corrected chi connectivity index (χ2v) is 6.57. The molecule has 0 aliphatic heterocycles. The molecule has 0 spiro atoms. The maximum Gasteiger partial charge on any atom is 0.191 e. The van der Waals surface area contributed by atoms with Crippen LogP contribution in [0.15, 0.2) is 20.2 Å². The largest absolute Gasteiger partial charge is 0.357 e. The van der Waals surface area contributed by atoms with E-state index in [1.54, 1.807) is 11.3 Å². The van der Waals surface area contributed by atoms with E-state index < -0.39 is 0 Å². The Morgan fingerprint density at radius 2 is 2.35 bits per heavy atom. The second-order valence-electron chi connectivity index (χ2n) is 4.28. The van der Waals surface area contributed by atoms with Crippen LogP contribution in [0.3, 0.4) is 0 Å². The molecule has 0 unspecified atom stereocenters. The molecule has 1 saturated carbocycles. The van der Waals surface area contributed by atoms with E-state index in [1.807, 2.05) is 0 Å². The number of thiophene rings is 1. The molecule has 1 aliphatic carbocycles. The Bertz CT molecular complexity index is 385. The van der Waals surface area contributed by atoms with Crippen LogP contribution in [0.4, 0.5) is 0 Å². The first-order valence-corrected chi connectivity index (χ1v) is 7.70. The molecule has 0 atom stereocenters. The van der Waals surface area contributed by atoms with Gasteiger partial charge >= 0.3 is 0 Å². The van der Waals surface area contributed by atoms with Gasteiger partial charge in [0, 0.05) is 13.1 Å². The van der Waals surface area contributed by atoms with Gasteiger partial charge in [-0.05, 0) is 58.6 Å². The van der Waals surface area contributed by atoms with Crippen LogP contribution in [-0.4, -0.2) is 19.0 Å². The van der Waals surface area contributed by atoms with Crippen molar-refractivity contribution in [3.63, 3.8) is 0 Å². The number of nitrogens with one attached hydrogen (secondary N) is 2. The van der Waals surface area contributed by atoms with Crippen LogP contribution < -0.4 is 10.6 Å². The van der Waals surface area contributed by atoms with Crippen LogP contribution in [0.1, 0.15) is 25.3 Å². The zero-order chi connectivity index (χ0) is 12.1. The summed E-state index contributed by atoms with van der Waals surface area (Å²) < 4.78 is 1.17. The van der Waals surface area contributed by atoms with Crippen molar-refractivity contribution in [2.75, 3.05) is 13.1 Å². The van der Waals surface area contributed by atoms with Crippen molar-refractivity contribution >= 4 is 33.2 Å². The number of rotatable bonds is 5. The van der Waals surface area contributed by atoms with Crippen molar-refractivity contribution in [1.29, 1.82) is 0 Å². The van der Waals surface area contributed by atoms with Crippen LogP contribution in [0.5, 0.6) is 0 Å². The minimum absolute atomic E-state index is 0.738. The minimum Gasteiger partial charge on any atom is -0.357 e. The molecule has 0 aromatic carbocycles. The van der Waals surface area contributed by atoms with Gasteiger partial charge in [0.05, 0.1) is 10.3 Å². The number of aliphatic imine (C=N–C) groups is 1. The predicted octanol–water partition coefficient (Wildman–Crippen LogP) is 2.98. The molecule has 2 rings (SSSR count). The molecule has 2 N–H and O–H groups in total. The van der Waals surface area contributed by atoms with Gasteiger partial charge in [0.1, 0.15) is 0 Å². The SMILES string of the molecule is CCNC(=NCc1csc(Br)c1)NCC1CC1. The maximum absolute atomic E-state index is 4.58. The van der Waals surface area contributed by atoms with Crippen molar-refractivity contribution in [2.45, 2.75) is 26.3 Å². The van der Waals surface area contributed by atoms with Gasteiger partial charge in [-0.1, -0.05) is 0 Å². The Kier molecular flexibility index (Phi) is 4.86. The molecule has 1 fully saturated rings. The minimum atomic E-state index is 0.738. The number of guanidine groups is 1. The first-order chi connectivity index (χ1) is 8.28. The summed E-state index contributed by atoms with van der Waals surface area (Å²) >= 11 is 5.17. The van der Waals surface area contributed by atoms with Crippen molar-refractivity contribution in [2.24, 2.45) is 10.9 Å². The Labute approximate surface area is 115 Å². The molecular weight excluding hydrogens is 298 g/mol. The van der Waals surface area contributed by atoms with Gasteiger partial charge in [0.2, 0.25) is 0 Å². The van der Waals surface area contributed by atoms with E-state index in [0.717, 1.165) is 31.5 Å². The van der Waals surface area contributed by atoms with Gasteiger partial charge in [-0.2, -0.15) is 0 Å². The molecule has 0 saturated heterocycles. The highest BCUT2D eigenvalue weighted by molar-refractivity contribution is 9.11. The molecule has 94 valence electrons. The van der Waals surface area contributed by atoms with E-state index in [4.69, 9.17) is 0 Å². The van der Waals surface area contributed by atoms with Crippen LogP contribution in [0.25, 0.3) is 0 Å². The van der Waals surface area contributed by atoms with Gasteiger partial charge in [-0.25, -0.2) is 4.99 Å². The third-order valence-corrected chi connectivity index (χ3v) is 4.19. The van der Waals surface area contributed by atoms with E-state index in [1.165, 1.54) is 22.2 Å². The van der Waals surface area contributed by atoms with Crippen molar-refractivity contribution < 1.29 is 0 Å². The summed E-state index contributed by atoms with van der Waals surface area (Å²) in [6, 6.07) is 2.12. The van der Waals surface area contributed by atoms with Gasteiger partial charge in [-0.3, -0.25) is 0 Å². The van der Waals surface area contributed by atoms with Crippen LogP contribution in [0, 0.1) is 5.92 Å². The standard InChI is InChI=1S/C12H18BrN3S/c1-2-14-12(15-6-9-3-4-9)16-7-10-5-11(13)17-8-10/h5,8-9H,2-4,6-7H2,1H3,(H2,14,15,16). The fourth-order valence-corrected chi connectivity index (χ4v) is 2.70. The normalized spacial score (nSPS) is 16.0. The molecule has 0 amide bonds. The average molecular weight is 316 g/mol. The maximum atomic E-state index is 4.58. The van der Waals surface area contributed by atoms with E-state index >= 15 is 0 Å². The molecule has 17 heavy (non-hydrogen) atoms. The Morgan fingerprint density at radius 1 is 1.53 bits per heavy atom. The van der Waals surface area contributed by atoms with Gasteiger partial charge < -0.3 is 10.6 Å². The lowest BCUT2D eigenvalue weighted by molar-refractivity contribution is 0.739. The molecule has 0 radical (unpaired) electrons. The molecule has 0 bridgehead atoms. The summed E-state index contributed by atoms with van der Waals surface area (Å²) in [5, 5.41) is 8.80. The van der Waals surface area contributed by atoms with E-state index in [9.17, 15) is 0 Å². The molecule has 5 heteroatoms. The molecule has 1 aromatic rings. The Hall–Kier alpha value is -0.550. The molecule has 1 aliphatic rings. The van der Waals surface area contributed by atoms with Crippen LogP contribution in [-0.2, 0) is 6.54 Å². The Balaban J connectivity index is 1.84. The Morgan fingerprint density at radius 3 is 2.94 bits per heavy atom. The fourth-order valence-electron chi connectivity index (χ4n) is 1.50. The van der Waals surface area contributed by atoms with Crippen LogP contribution >= 0.6 is 27.3 Å². The smallest absolute Gasteiger partial charge is 0.191 e. The zero-order valence-electron chi connectivity index (χ0n) is 10.0. The van der Waals surface area contributed by atoms with Crippen molar-refractivity contribution in [1.82, 2.24) is 10.6 Å². The summed E-state index contributed by atoms with van der Waals surface area (Å²) in [6.07, 6.45) is 2.73. The highest BCUT2D eigenvalue weighted by Gasteiger charge is 2.20. The first kappa shape index (κ1) is 12.9. The van der Waals surface area contributed by atoms with E-state index in [2.05, 4.69) is 49.9 Å². The lowest BCUT2D eigenvalue weighted by Gasteiger charge is -2.10. The third kappa shape index (κ3) is 4.68. The average Bonchev–Trinajstić information content (AvgIpc) is 3.05. The van der Waals surface area contributed by atoms with E-state index in [0.29, 0.717) is 0 Å². The highest BCUT2D eigenvalue weighted by atomic mass is 79.9. The highest BCUT2D eigenvalue weighted by Crippen LogP contribution is 2.27. The van der Waals surface area contributed by atoms with Gasteiger partial charge in [-0.15, -0.1) is 11.3 Å². The molecule has 3 nitrogen and oxygen atoms in total. The lowest BCUT2D eigenvalue weighted by Crippen LogP contribution is -2.38. The van der Waals surface area contributed by atoms with Crippen molar-refractivity contribution in [3.05, 3.63) is 20.8 Å². The summed E-state index contributed by atoms with van der Waals surface area (Å²) in [4.78, 5) is 4.58. The summed E-state index contributed by atoms with van der Waals surface area (Å²) in [7, 11) is 0. The molecule has 1 heterocycles. The van der Waals surface area contributed by atoms with E-state index in [-0.39, 0.29) is 0 Å². The molecular formula is C12H18BrN3S. The first-order valence-electron chi connectivity index (χ1n) is 6.03. The monoisotopic (exact) mass is 315 g/mol. The fraction of sp³-hybridized carbons (Fsp3) is 0.583. The van der Waals surface area contributed by atoms with Crippen molar-refractivity contribution in [3.8, 4) is 0 Å². The number of nitrogens with zero attached hydrogens (tertiary/aromatic N) is 1. The number of hydrogen-bond donors (Lipinski definition) is 2. The van der Waals surface area contributed by atoms with Gasteiger partial charge in [0.15, 0.2) is 5.96 Å². The second kappa shape index (κ2) is 6.40. The number of hydrogen-bond acceptors (Lipinski definition) is 2. The zero-order valence-corrected chi connectivity index (χ0v) is 12.4. The topological polar surface area (TPSA) is 36.4 Å². The predicted molar refractivity (Wildman–Crippen MR) is 77.6 cm³/mol. The lowest BCUT2D eigenvalue weighted by atomic mass is 10.3. The quantitative estimate of drug-likeness (QED) is 0.647. The summed E-state index contributed by atoms with van der Waals surface area (Å²) in [5.41, 5.74) is 1.26. The summed E-state index contributed by atoms with van der Waals surface area (Å²) in [6.45, 7) is 4.79. The molecule has 1 aromatic heterocycles. The van der Waals surface area contributed by atoms with Gasteiger partial charge in [0.25, 0.3) is 0 Å².